The maximum atomic E-state index is 3.88. The molecular weight excluding hydrogens is 182 g/mol. The molecule has 0 radical (unpaired) electrons. The van der Waals surface area contributed by atoms with Crippen molar-refractivity contribution in [1.29, 1.82) is 0 Å². The molecular formula is C14H27N. The first-order valence-electron chi connectivity index (χ1n) is 6.02. The van der Waals surface area contributed by atoms with Gasteiger partial charge in [0.1, 0.15) is 0 Å². The van der Waals surface area contributed by atoms with Crippen molar-refractivity contribution >= 4 is 0 Å². The van der Waals surface area contributed by atoms with Crippen molar-refractivity contribution in [1.82, 2.24) is 4.90 Å². The molecule has 0 amide bonds. The van der Waals surface area contributed by atoms with Crippen molar-refractivity contribution in [2.45, 2.75) is 54.0 Å². The summed E-state index contributed by atoms with van der Waals surface area (Å²) in [6, 6.07) is 0.568. The first-order valence-corrected chi connectivity index (χ1v) is 6.02. The van der Waals surface area contributed by atoms with Crippen LogP contribution in [0, 0.1) is 5.92 Å². The van der Waals surface area contributed by atoms with E-state index in [1.165, 1.54) is 11.3 Å². The fourth-order valence-electron chi connectivity index (χ4n) is 1.88. The Bertz CT molecular complexity index is 223. The minimum absolute atomic E-state index is 0.568. The molecule has 1 nitrogen and oxygen atoms in total. The highest BCUT2D eigenvalue weighted by Crippen LogP contribution is 2.22. The Morgan fingerprint density at radius 2 is 1.80 bits per heavy atom. The van der Waals surface area contributed by atoms with E-state index in [9.17, 15) is 0 Å². The van der Waals surface area contributed by atoms with Crippen LogP contribution in [-0.4, -0.2) is 17.5 Å². The number of nitrogens with zero attached hydrogens (tertiary/aromatic N) is 1. The van der Waals surface area contributed by atoms with E-state index in [0.29, 0.717) is 12.0 Å². The first-order chi connectivity index (χ1) is 6.93. The monoisotopic (exact) mass is 209 g/mol. The zero-order valence-electron chi connectivity index (χ0n) is 11.3. The molecule has 0 unspecified atom stereocenters. The lowest BCUT2D eigenvalue weighted by atomic mass is 10.0. The number of hydrogen-bond donors (Lipinski definition) is 0. The molecule has 0 saturated heterocycles. The molecule has 88 valence electrons. The van der Waals surface area contributed by atoms with E-state index in [4.69, 9.17) is 0 Å². The summed E-state index contributed by atoms with van der Waals surface area (Å²) in [7, 11) is 0. The van der Waals surface area contributed by atoms with Crippen LogP contribution in [0.2, 0.25) is 0 Å². The summed E-state index contributed by atoms with van der Waals surface area (Å²) in [5.41, 5.74) is 2.77. The van der Waals surface area contributed by atoms with Crippen LogP contribution in [0.15, 0.2) is 23.9 Å². The smallest absolute Gasteiger partial charge is 0.0230 e. The average molecular weight is 209 g/mol. The van der Waals surface area contributed by atoms with Crippen LogP contribution in [0.25, 0.3) is 0 Å². The Morgan fingerprint density at radius 1 is 1.27 bits per heavy atom. The zero-order chi connectivity index (χ0) is 12.0. The molecule has 0 spiro atoms. The second-order valence-corrected chi connectivity index (χ2v) is 4.81. The Labute approximate surface area is 95.9 Å². The number of rotatable bonds is 6. The molecule has 0 bridgehead atoms. The van der Waals surface area contributed by atoms with Crippen molar-refractivity contribution in [2.24, 2.45) is 5.92 Å². The molecule has 15 heavy (non-hydrogen) atoms. The van der Waals surface area contributed by atoms with E-state index < -0.39 is 0 Å². The third-order valence-corrected chi connectivity index (χ3v) is 2.67. The number of allylic oxidation sites excluding steroid dienone is 3. The molecule has 0 saturated carbocycles. The van der Waals surface area contributed by atoms with Gasteiger partial charge in [-0.15, -0.1) is 0 Å². The van der Waals surface area contributed by atoms with Crippen LogP contribution in [0.5, 0.6) is 0 Å². The Morgan fingerprint density at radius 3 is 2.07 bits per heavy atom. The van der Waals surface area contributed by atoms with Crippen LogP contribution in [0.3, 0.4) is 0 Å². The summed E-state index contributed by atoms with van der Waals surface area (Å²) >= 11 is 0. The van der Waals surface area contributed by atoms with E-state index in [-0.39, 0.29) is 0 Å². The van der Waals surface area contributed by atoms with Crippen LogP contribution in [0.4, 0.5) is 0 Å². The van der Waals surface area contributed by atoms with Gasteiger partial charge in [0.25, 0.3) is 0 Å². The Kier molecular flexibility index (Phi) is 6.38. The standard InChI is InChI=1S/C14H27N/c1-8-13(7)14(10-11(3)4)15(9-2)12(5)6/h8,11-12H,1,9-10H2,2-7H3/b14-13+. The molecule has 0 aromatic heterocycles. The zero-order valence-corrected chi connectivity index (χ0v) is 11.3. The summed E-state index contributed by atoms with van der Waals surface area (Å²) < 4.78 is 0. The van der Waals surface area contributed by atoms with Crippen molar-refractivity contribution in [3.8, 4) is 0 Å². The molecule has 0 heterocycles. The van der Waals surface area contributed by atoms with Crippen molar-refractivity contribution in [3.05, 3.63) is 23.9 Å². The topological polar surface area (TPSA) is 3.24 Å². The molecule has 0 fully saturated rings. The second-order valence-electron chi connectivity index (χ2n) is 4.81. The van der Waals surface area contributed by atoms with Gasteiger partial charge in [-0.25, -0.2) is 0 Å². The van der Waals surface area contributed by atoms with Gasteiger partial charge in [0.05, 0.1) is 0 Å². The first kappa shape index (κ1) is 14.3. The molecule has 0 rings (SSSR count). The minimum Gasteiger partial charge on any atom is -0.372 e. The third kappa shape index (κ3) is 4.55. The van der Waals surface area contributed by atoms with Crippen LogP contribution < -0.4 is 0 Å². The van der Waals surface area contributed by atoms with E-state index >= 15 is 0 Å². The molecule has 0 aliphatic heterocycles. The van der Waals surface area contributed by atoms with Crippen molar-refractivity contribution < 1.29 is 0 Å². The van der Waals surface area contributed by atoms with Gasteiger partial charge in [0, 0.05) is 18.3 Å². The van der Waals surface area contributed by atoms with E-state index in [2.05, 4.69) is 53.0 Å². The molecule has 0 aromatic carbocycles. The lowest BCUT2D eigenvalue weighted by molar-refractivity contribution is 0.277. The lowest BCUT2D eigenvalue weighted by Gasteiger charge is -2.32. The normalized spacial score (nSPS) is 13.1. The Hall–Kier alpha value is -0.720. The van der Waals surface area contributed by atoms with Crippen molar-refractivity contribution in [3.63, 3.8) is 0 Å². The van der Waals surface area contributed by atoms with Gasteiger partial charge in [0.15, 0.2) is 0 Å². The molecule has 0 aliphatic rings. The maximum Gasteiger partial charge on any atom is 0.0230 e. The molecule has 0 aromatic rings. The van der Waals surface area contributed by atoms with E-state index in [1.807, 2.05) is 6.08 Å². The third-order valence-electron chi connectivity index (χ3n) is 2.67. The lowest BCUT2D eigenvalue weighted by Crippen LogP contribution is -2.31. The summed E-state index contributed by atoms with van der Waals surface area (Å²) in [6.45, 7) is 18.4. The molecule has 0 N–H and O–H groups in total. The summed E-state index contributed by atoms with van der Waals surface area (Å²) in [5, 5.41) is 0. The maximum absolute atomic E-state index is 3.88. The average Bonchev–Trinajstić information content (AvgIpc) is 2.15. The van der Waals surface area contributed by atoms with Gasteiger partial charge < -0.3 is 4.90 Å². The highest BCUT2D eigenvalue weighted by atomic mass is 15.2. The summed E-state index contributed by atoms with van der Waals surface area (Å²) in [6.07, 6.45) is 3.12. The SMILES string of the molecule is C=C/C(C)=C(\CC(C)C)N(CC)C(C)C. The van der Waals surface area contributed by atoms with Crippen molar-refractivity contribution in [2.75, 3.05) is 6.54 Å². The fraction of sp³-hybridized carbons (Fsp3) is 0.714. The van der Waals surface area contributed by atoms with Gasteiger partial charge >= 0.3 is 0 Å². The van der Waals surface area contributed by atoms with Crippen LogP contribution >= 0.6 is 0 Å². The van der Waals surface area contributed by atoms with Gasteiger partial charge in [-0.2, -0.15) is 0 Å². The summed E-state index contributed by atoms with van der Waals surface area (Å²) in [5.74, 6) is 0.697. The van der Waals surface area contributed by atoms with E-state index in [1.54, 1.807) is 0 Å². The van der Waals surface area contributed by atoms with Crippen LogP contribution in [0.1, 0.15) is 48.0 Å². The minimum atomic E-state index is 0.568. The predicted molar refractivity (Wildman–Crippen MR) is 69.9 cm³/mol. The Balaban J connectivity index is 4.99. The predicted octanol–water partition coefficient (Wildman–Crippen LogP) is 4.22. The number of hydrogen-bond acceptors (Lipinski definition) is 1. The van der Waals surface area contributed by atoms with Crippen LogP contribution in [-0.2, 0) is 0 Å². The van der Waals surface area contributed by atoms with Gasteiger partial charge in [0.2, 0.25) is 0 Å². The van der Waals surface area contributed by atoms with Gasteiger partial charge in [-0.1, -0.05) is 26.5 Å². The fourth-order valence-corrected chi connectivity index (χ4v) is 1.88. The summed E-state index contributed by atoms with van der Waals surface area (Å²) in [4.78, 5) is 2.47. The molecule has 0 aliphatic carbocycles. The highest BCUT2D eigenvalue weighted by Gasteiger charge is 2.14. The van der Waals surface area contributed by atoms with Gasteiger partial charge in [-0.05, 0) is 45.6 Å². The second kappa shape index (κ2) is 6.71. The van der Waals surface area contributed by atoms with Gasteiger partial charge in [-0.3, -0.25) is 0 Å². The largest absolute Gasteiger partial charge is 0.372 e. The quantitative estimate of drug-likeness (QED) is 0.592. The molecule has 0 atom stereocenters. The van der Waals surface area contributed by atoms with E-state index in [0.717, 1.165) is 13.0 Å². The molecule has 1 heteroatoms. The highest BCUT2D eigenvalue weighted by molar-refractivity contribution is 5.22.